The van der Waals surface area contributed by atoms with Crippen LogP contribution in [-0.2, 0) is 0 Å². The summed E-state index contributed by atoms with van der Waals surface area (Å²) in [6.45, 7) is 4.20. The molecule has 2 rings (SSSR count). The molecule has 19 heavy (non-hydrogen) atoms. The minimum atomic E-state index is 0.0940. The number of nitrogens with zero attached hydrogens (tertiary/aromatic N) is 2. The van der Waals surface area contributed by atoms with E-state index in [1.165, 1.54) is 11.1 Å². The molecule has 1 aromatic carbocycles. The van der Waals surface area contributed by atoms with Gasteiger partial charge in [0.2, 0.25) is 0 Å². The fourth-order valence-electron chi connectivity index (χ4n) is 1.83. The van der Waals surface area contributed by atoms with E-state index in [9.17, 15) is 0 Å². The largest absolute Gasteiger partial charge is 0.326 e. The van der Waals surface area contributed by atoms with Crippen molar-refractivity contribution in [3.63, 3.8) is 0 Å². The Morgan fingerprint density at radius 2 is 1.79 bits per heavy atom. The first kappa shape index (κ1) is 14.0. The number of hydrogen-bond acceptors (Lipinski definition) is 4. The van der Waals surface area contributed by atoms with Crippen LogP contribution in [0, 0.1) is 6.92 Å². The summed E-state index contributed by atoms with van der Waals surface area (Å²) in [7, 11) is 0. The van der Waals surface area contributed by atoms with Gasteiger partial charge in [-0.2, -0.15) is 0 Å². The molecule has 2 N–H and O–H groups in total. The van der Waals surface area contributed by atoms with Gasteiger partial charge in [-0.3, -0.25) is 0 Å². The Labute approximate surface area is 118 Å². The van der Waals surface area contributed by atoms with E-state index in [1.807, 2.05) is 6.07 Å². The molecule has 100 valence electrons. The fourth-order valence-corrected chi connectivity index (χ4v) is 2.96. The van der Waals surface area contributed by atoms with Gasteiger partial charge in [-0.05, 0) is 25.0 Å². The average molecular weight is 273 g/mol. The van der Waals surface area contributed by atoms with Crippen molar-refractivity contribution in [3.05, 3.63) is 53.9 Å². The lowest BCUT2D eigenvalue weighted by Gasteiger charge is -2.22. The maximum atomic E-state index is 6.26. The molecule has 0 aliphatic carbocycles. The van der Waals surface area contributed by atoms with Gasteiger partial charge in [0.25, 0.3) is 0 Å². The van der Waals surface area contributed by atoms with Crippen LogP contribution in [0.2, 0.25) is 0 Å². The third kappa shape index (κ3) is 3.78. The van der Waals surface area contributed by atoms with Crippen molar-refractivity contribution < 1.29 is 0 Å². The molecule has 0 aliphatic heterocycles. The molecular weight excluding hydrogens is 254 g/mol. The smallest absolute Gasteiger partial charge is 0.188 e. The Kier molecular flexibility index (Phi) is 4.93. The quantitative estimate of drug-likeness (QED) is 0.670. The van der Waals surface area contributed by atoms with Gasteiger partial charge < -0.3 is 5.73 Å². The first-order valence-electron chi connectivity index (χ1n) is 6.46. The summed E-state index contributed by atoms with van der Waals surface area (Å²) >= 11 is 1.63. The first-order chi connectivity index (χ1) is 9.20. The van der Waals surface area contributed by atoms with Gasteiger partial charge in [0.05, 0.1) is 5.25 Å². The highest BCUT2D eigenvalue weighted by atomic mass is 32.2. The molecule has 1 heterocycles. The van der Waals surface area contributed by atoms with E-state index in [-0.39, 0.29) is 11.3 Å². The maximum Gasteiger partial charge on any atom is 0.188 e. The van der Waals surface area contributed by atoms with Gasteiger partial charge in [0, 0.05) is 18.4 Å². The van der Waals surface area contributed by atoms with Gasteiger partial charge in [0.1, 0.15) is 0 Å². The van der Waals surface area contributed by atoms with E-state index in [1.54, 1.807) is 24.2 Å². The molecule has 2 aromatic rings. The summed E-state index contributed by atoms with van der Waals surface area (Å²) in [6.07, 6.45) is 4.45. The average Bonchev–Trinajstić information content (AvgIpc) is 2.46. The molecule has 0 amide bonds. The molecule has 0 aliphatic rings. The SMILES string of the molecule is CCC(N)C(Sc1ncccn1)c1ccc(C)cc1. The van der Waals surface area contributed by atoms with E-state index in [2.05, 4.69) is 48.1 Å². The first-order valence-corrected chi connectivity index (χ1v) is 7.34. The lowest BCUT2D eigenvalue weighted by Crippen LogP contribution is -2.25. The fraction of sp³-hybridized carbons (Fsp3) is 0.333. The Hall–Kier alpha value is -1.39. The van der Waals surface area contributed by atoms with Gasteiger partial charge in [-0.25, -0.2) is 9.97 Å². The summed E-state index contributed by atoms with van der Waals surface area (Å²) in [5.41, 5.74) is 8.75. The molecule has 0 radical (unpaired) electrons. The molecule has 0 spiro atoms. The molecule has 0 fully saturated rings. The summed E-state index contributed by atoms with van der Waals surface area (Å²) in [5, 5.41) is 0.963. The van der Waals surface area contributed by atoms with Gasteiger partial charge in [-0.1, -0.05) is 48.5 Å². The molecular formula is C15H19N3S. The summed E-state index contributed by atoms with van der Waals surface area (Å²) in [5.74, 6) is 0. The van der Waals surface area contributed by atoms with Gasteiger partial charge >= 0.3 is 0 Å². The third-order valence-electron chi connectivity index (χ3n) is 3.04. The number of aryl methyl sites for hydroxylation is 1. The maximum absolute atomic E-state index is 6.26. The van der Waals surface area contributed by atoms with E-state index in [0.717, 1.165) is 11.6 Å². The lowest BCUT2D eigenvalue weighted by atomic mass is 10.0. The van der Waals surface area contributed by atoms with E-state index < -0.39 is 0 Å². The van der Waals surface area contributed by atoms with Gasteiger partial charge in [0.15, 0.2) is 5.16 Å². The molecule has 1 aromatic heterocycles. The van der Waals surface area contributed by atoms with Crippen molar-refractivity contribution in [1.82, 2.24) is 9.97 Å². The van der Waals surface area contributed by atoms with Crippen molar-refractivity contribution in [2.24, 2.45) is 5.73 Å². The second kappa shape index (κ2) is 6.68. The Morgan fingerprint density at radius 1 is 1.16 bits per heavy atom. The van der Waals surface area contributed by atoms with Crippen LogP contribution in [0.5, 0.6) is 0 Å². The van der Waals surface area contributed by atoms with E-state index >= 15 is 0 Å². The molecule has 4 heteroatoms. The van der Waals surface area contributed by atoms with Gasteiger partial charge in [-0.15, -0.1) is 0 Å². The van der Waals surface area contributed by atoms with Crippen LogP contribution in [0.3, 0.4) is 0 Å². The predicted molar refractivity (Wildman–Crippen MR) is 80.1 cm³/mol. The van der Waals surface area contributed by atoms with Crippen LogP contribution in [0.15, 0.2) is 47.9 Å². The van der Waals surface area contributed by atoms with Crippen molar-refractivity contribution >= 4 is 11.8 Å². The third-order valence-corrected chi connectivity index (χ3v) is 4.34. The lowest BCUT2D eigenvalue weighted by molar-refractivity contribution is 0.632. The molecule has 3 nitrogen and oxygen atoms in total. The predicted octanol–water partition coefficient (Wildman–Crippen LogP) is 3.36. The highest BCUT2D eigenvalue weighted by molar-refractivity contribution is 7.99. The number of rotatable bonds is 5. The van der Waals surface area contributed by atoms with Crippen molar-refractivity contribution in [2.75, 3.05) is 0 Å². The Morgan fingerprint density at radius 3 is 2.37 bits per heavy atom. The topological polar surface area (TPSA) is 51.8 Å². The molecule has 2 unspecified atom stereocenters. The van der Waals surface area contributed by atoms with Crippen LogP contribution in [-0.4, -0.2) is 16.0 Å². The van der Waals surface area contributed by atoms with E-state index in [4.69, 9.17) is 5.73 Å². The van der Waals surface area contributed by atoms with Crippen LogP contribution in [0.4, 0.5) is 0 Å². The second-order valence-electron chi connectivity index (χ2n) is 4.55. The van der Waals surface area contributed by atoms with Crippen LogP contribution in [0.25, 0.3) is 0 Å². The minimum absolute atomic E-state index is 0.0940. The standard InChI is InChI=1S/C15H19N3S/c1-3-13(16)14(12-7-5-11(2)6-8-12)19-15-17-9-4-10-18-15/h4-10,13-14H,3,16H2,1-2H3. The number of thioether (sulfide) groups is 1. The Balaban J connectivity index is 2.23. The number of hydrogen-bond donors (Lipinski definition) is 1. The van der Waals surface area contributed by atoms with Crippen molar-refractivity contribution in [1.29, 1.82) is 0 Å². The zero-order valence-electron chi connectivity index (χ0n) is 11.3. The summed E-state index contributed by atoms with van der Waals surface area (Å²) in [4.78, 5) is 8.55. The van der Waals surface area contributed by atoms with Crippen LogP contribution in [0.1, 0.15) is 29.7 Å². The summed E-state index contributed by atoms with van der Waals surface area (Å²) < 4.78 is 0. The zero-order chi connectivity index (χ0) is 13.7. The normalized spacial score (nSPS) is 14.1. The summed E-state index contributed by atoms with van der Waals surface area (Å²) in [6, 6.07) is 10.5. The van der Waals surface area contributed by atoms with Crippen LogP contribution >= 0.6 is 11.8 Å². The molecule has 2 atom stereocenters. The molecule has 0 bridgehead atoms. The molecule has 0 saturated heterocycles. The highest BCUT2D eigenvalue weighted by Gasteiger charge is 2.20. The molecule has 0 saturated carbocycles. The Bertz CT molecular complexity index is 499. The highest BCUT2D eigenvalue weighted by Crippen LogP contribution is 2.36. The number of benzene rings is 1. The number of nitrogens with two attached hydrogens (primary N) is 1. The minimum Gasteiger partial charge on any atom is -0.326 e. The van der Waals surface area contributed by atoms with Crippen LogP contribution < -0.4 is 5.73 Å². The van der Waals surface area contributed by atoms with E-state index in [0.29, 0.717) is 0 Å². The van der Waals surface area contributed by atoms with Crippen molar-refractivity contribution in [3.8, 4) is 0 Å². The monoisotopic (exact) mass is 273 g/mol. The number of aromatic nitrogens is 2. The zero-order valence-corrected chi connectivity index (χ0v) is 12.1. The second-order valence-corrected chi connectivity index (χ2v) is 5.66. The van der Waals surface area contributed by atoms with Crippen molar-refractivity contribution in [2.45, 2.75) is 36.7 Å².